The van der Waals surface area contributed by atoms with Crippen LogP contribution in [0.25, 0.3) is 0 Å². The van der Waals surface area contributed by atoms with Gasteiger partial charge >= 0.3 is 0 Å². The molecule has 2 heterocycles. The van der Waals surface area contributed by atoms with Crippen molar-refractivity contribution in [2.75, 3.05) is 20.2 Å². The molecule has 130 valence electrons. The molecule has 0 spiro atoms. The van der Waals surface area contributed by atoms with E-state index in [0.717, 1.165) is 38.2 Å². The van der Waals surface area contributed by atoms with Gasteiger partial charge in [0.1, 0.15) is 9.96 Å². The molecule has 1 fully saturated rings. The highest BCUT2D eigenvalue weighted by atomic mass is 32.2. The van der Waals surface area contributed by atoms with Crippen LogP contribution in [0.5, 0.6) is 5.75 Å². The molecule has 3 rings (SSSR count). The fourth-order valence-corrected chi connectivity index (χ4v) is 5.29. The number of hydrogen-bond acceptors (Lipinski definition) is 5. The highest BCUT2D eigenvalue weighted by molar-refractivity contribution is 7.91. The summed E-state index contributed by atoms with van der Waals surface area (Å²) >= 11 is 1.25. The predicted octanol–water partition coefficient (Wildman–Crippen LogP) is 2.70. The minimum absolute atomic E-state index is 0.0449. The van der Waals surface area contributed by atoms with E-state index in [-0.39, 0.29) is 6.04 Å². The molecular weight excluding hydrogens is 344 g/mol. The van der Waals surface area contributed by atoms with Crippen molar-refractivity contribution < 1.29 is 13.2 Å². The van der Waals surface area contributed by atoms with Gasteiger partial charge in [0.2, 0.25) is 10.0 Å². The summed E-state index contributed by atoms with van der Waals surface area (Å²) in [5.74, 6) is 0.847. The minimum atomic E-state index is -3.40. The first-order valence-corrected chi connectivity index (χ1v) is 10.3. The zero-order valence-corrected chi connectivity index (χ0v) is 15.3. The monoisotopic (exact) mass is 366 g/mol. The maximum absolute atomic E-state index is 12.4. The van der Waals surface area contributed by atoms with Gasteiger partial charge in [0.25, 0.3) is 0 Å². The number of likely N-dealkylation sites (tertiary alicyclic amines) is 1. The zero-order valence-electron chi connectivity index (χ0n) is 13.6. The Morgan fingerprint density at radius 1 is 1.33 bits per heavy atom. The molecular formula is C17H22N2O3S2. The van der Waals surface area contributed by atoms with E-state index in [1.807, 2.05) is 18.2 Å². The molecule has 0 radical (unpaired) electrons. The lowest BCUT2D eigenvalue weighted by atomic mass is 10.1. The Hall–Kier alpha value is -1.41. The lowest BCUT2D eigenvalue weighted by molar-refractivity contribution is 0.194. The van der Waals surface area contributed by atoms with Crippen LogP contribution in [0.15, 0.2) is 46.0 Å². The van der Waals surface area contributed by atoms with E-state index >= 15 is 0 Å². The van der Waals surface area contributed by atoms with Crippen molar-refractivity contribution >= 4 is 21.4 Å². The van der Waals surface area contributed by atoms with E-state index < -0.39 is 10.0 Å². The number of rotatable bonds is 6. The van der Waals surface area contributed by atoms with E-state index in [1.54, 1.807) is 24.6 Å². The highest BCUT2D eigenvalue weighted by Gasteiger charge is 2.25. The fourth-order valence-electron chi connectivity index (χ4n) is 3.02. The average Bonchev–Trinajstić information content (AvgIpc) is 3.10. The molecule has 0 aliphatic carbocycles. The lowest BCUT2D eigenvalue weighted by Crippen LogP contribution is -2.47. The van der Waals surface area contributed by atoms with Crippen molar-refractivity contribution in [3.8, 4) is 5.75 Å². The van der Waals surface area contributed by atoms with Crippen LogP contribution in [-0.4, -0.2) is 39.6 Å². The molecule has 0 saturated carbocycles. The fraction of sp³-hybridized carbons (Fsp3) is 0.412. The van der Waals surface area contributed by atoms with Gasteiger partial charge in [-0.3, -0.25) is 4.90 Å². The Morgan fingerprint density at radius 2 is 2.21 bits per heavy atom. The number of benzene rings is 1. The highest BCUT2D eigenvalue weighted by Crippen LogP contribution is 2.20. The van der Waals surface area contributed by atoms with Crippen molar-refractivity contribution in [1.82, 2.24) is 9.62 Å². The number of ether oxygens (including phenoxy) is 1. The largest absolute Gasteiger partial charge is 0.497 e. The Morgan fingerprint density at radius 3 is 2.96 bits per heavy atom. The molecule has 2 aromatic rings. The second-order valence-corrected chi connectivity index (χ2v) is 8.87. The Bertz CT molecular complexity index is 760. The third-order valence-corrected chi connectivity index (χ3v) is 7.05. The van der Waals surface area contributed by atoms with Gasteiger partial charge in [-0.15, -0.1) is 11.3 Å². The Kier molecular flexibility index (Phi) is 5.55. The van der Waals surface area contributed by atoms with E-state index in [2.05, 4.69) is 15.7 Å². The van der Waals surface area contributed by atoms with E-state index in [0.29, 0.717) is 4.21 Å². The van der Waals surface area contributed by atoms with Gasteiger partial charge in [-0.25, -0.2) is 13.1 Å². The minimum Gasteiger partial charge on any atom is -0.497 e. The molecule has 0 amide bonds. The first-order chi connectivity index (χ1) is 11.6. The molecule has 1 N–H and O–H groups in total. The molecule has 5 nitrogen and oxygen atoms in total. The third-order valence-electron chi connectivity index (χ3n) is 4.13. The van der Waals surface area contributed by atoms with Gasteiger partial charge in [-0.2, -0.15) is 0 Å². The van der Waals surface area contributed by atoms with Crippen LogP contribution in [0.4, 0.5) is 0 Å². The first-order valence-electron chi connectivity index (χ1n) is 7.98. The molecule has 7 heteroatoms. The summed E-state index contributed by atoms with van der Waals surface area (Å²) < 4.78 is 33.2. The molecule has 1 atom stereocenters. The number of hydrogen-bond donors (Lipinski definition) is 1. The quantitative estimate of drug-likeness (QED) is 0.854. The maximum atomic E-state index is 12.4. The molecule has 24 heavy (non-hydrogen) atoms. The number of piperidine rings is 1. The summed E-state index contributed by atoms with van der Waals surface area (Å²) in [6.07, 6.45) is 1.86. The van der Waals surface area contributed by atoms with Crippen LogP contribution < -0.4 is 9.46 Å². The SMILES string of the molecule is COc1cccc(CN2CCCC(NS(=O)(=O)c3cccs3)C2)c1. The van der Waals surface area contributed by atoms with Crippen molar-refractivity contribution in [2.24, 2.45) is 0 Å². The summed E-state index contributed by atoms with van der Waals surface area (Å²) in [5.41, 5.74) is 1.18. The Labute approximate surface area is 147 Å². The smallest absolute Gasteiger partial charge is 0.250 e. The number of sulfonamides is 1. The Balaban J connectivity index is 1.62. The van der Waals surface area contributed by atoms with Crippen molar-refractivity contribution in [3.05, 3.63) is 47.3 Å². The van der Waals surface area contributed by atoms with Gasteiger partial charge < -0.3 is 4.74 Å². The van der Waals surface area contributed by atoms with Gasteiger partial charge in [0.05, 0.1) is 7.11 Å². The second kappa shape index (κ2) is 7.65. The maximum Gasteiger partial charge on any atom is 0.250 e. The normalized spacial score (nSPS) is 19.3. The topological polar surface area (TPSA) is 58.6 Å². The van der Waals surface area contributed by atoms with Crippen LogP contribution >= 0.6 is 11.3 Å². The third kappa shape index (κ3) is 4.36. The van der Waals surface area contributed by atoms with Crippen LogP contribution in [0, 0.1) is 0 Å². The summed E-state index contributed by atoms with van der Waals surface area (Å²) in [4.78, 5) is 2.29. The van der Waals surface area contributed by atoms with E-state index in [9.17, 15) is 8.42 Å². The summed E-state index contributed by atoms with van der Waals surface area (Å²) in [5, 5.41) is 1.78. The number of nitrogens with zero attached hydrogens (tertiary/aromatic N) is 1. The summed E-state index contributed by atoms with van der Waals surface area (Å²) in [6, 6.07) is 11.4. The van der Waals surface area contributed by atoms with Crippen LogP contribution in [0.3, 0.4) is 0 Å². The van der Waals surface area contributed by atoms with Crippen molar-refractivity contribution in [1.29, 1.82) is 0 Å². The van der Waals surface area contributed by atoms with Gasteiger partial charge in [0, 0.05) is 19.1 Å². The van der Waals surface area contributed by atoms with Crippen LogP contribution in [0.1, 0.15) is 18.4 Å². The average molecular weight is 367 g/mol. The molecule has 1 aliphatic rings. The predicted molar refractivity (Wildman–Crippen MR) is 95.9 cm³/mol. The molecule has 1 aromatic carbocycles. The van der Waals surface area contributed by atoms with E-state index in [1.165, 1.54) is 16.9 Å². The summed E-state index contributed by atoms with van der Waals surface area (Å²) in [6.45, 7) is 2.50. The van der Waals surface area contributed by atoms with Crippen LogP contribution in [0.2, 0.25) is 0 Å². The van der Waals surface area contributed by atoms with E-state index in [4.69, 9.17) is 4.74 Å². The zero-order chi connectivity index (χ0) is 17.0. The van der Waals surface area contributed by atoms with Gasteiger partial charge in [-0.05, 0) is 48.5 Å². The second-order valence-electron chi connectivity index (χ2n) is 5.98. The number of methoxy groups -OCH3 is 1. The molecule has 1 aromatic heterocycles. The number of nitrogens with one attached hydrogen (secondary N) is 1. The molecule has 0 bridgehead atoms. The van der Waals surface area contributed by atoms with Crippen molar-refractivity contribution in [3.63, 3.8) is 0 Å². The summed E-state index contributed by atoms with van der Waals surface area (Å²) in [7, 11) is -1.74. The van der Waals surface area contributed by atoms with Gasteiger partial charge in [0.15, 0.2) is 0 Å². The molecule has 1 saturated heterocycles. The first kappa shape index (κ1) is 17.4. The standard InChI is InChI=1S/C17H22N2O3S2/c1-22-16-7-2-5-14(11-16)12-19-9-3-6-15(13-19)18-24(20,21)17-8-4-10-23-17/h2,4-5,7-8,10-11,15,18H,3,6,9,12-13H2,1H3. The lowest BCUT2D eigenvalue weighted by Gasteiger charge is -2.32. The van der Waals surface area contributed by atoms with Gasteiger partial charge in [-0.1, -0.05) is 18.2 Å². The van der Waals surface area contributed by atoms with Crippen molar-refractivity contribution in [2.45, 2.75) is 29.6 Å². The molecule has 1 unspecified atom stereocenters. The number of thiophene rings is 1. The van der Waals surface area contributed by atoms with Crippen LogP contribution in [-0.2, 0) is 16.6 Å². The molecule has 1 aliphatic heterocycles.